The molecule has 0 amide bonds. The second kappa shape index (κ2) is 7.71. The average Bonchev–Trinajstić information content (AvgIpc) is 2.28. The lowest BCUT2D eigenvalue weighted by Gasteiger charge is -2.25. The largest absolute Gasteiger partial charge is 0.319 e. The summed E-state index contributed by atoms with van der Waals surface area (Å²) in [5.41, 5.74) is -1.85. The summed E-state index contributed by atoms with van der Waals surface area (Å²) >= 11 is 6.85. The fourth-order valence-corrected chi connectivity index (χ4v) is 6.62. The molecule has 0 saturated heterocycles. The highest BCUT2D eigenvalue weighted by atomic mass is 32.9. The zero-order valence-corrected chi connectivity index (χ0v) is 14.9. The Morgan fingerprint density at radius 1 is 1.30 bits per heavy atom. The Morgan fingerprint density at radius 2 is 1.85 bits per heavy atom. The fraction of sp³-hybridized carbons (Fsp3) is 0.667. The molecule has 0 bridgehead atoms. The van der Waals surface area contributed by atoms with E-state index < -0.39 is 5.69 Å². The van der Waals surface area contributed by atoms with E-state index in [0.29, 0.717) is 5.88 Å². The quantitative estimate of drug-likeness (QED) is 0.712. The lowest BCUT2D eigenvalue weighted by atomic mass is 10.4. The smallest absolute Gasteiger partial charge is 0.267 e. The average molecular weight is 336 g/mol. The van der Waals surface area contributed by atoms with Crippen LogP contribution in [0.4, 0.5) is 0 Å². The van der Waals surface area contributed by atoms with Crippen LogP contribution in [0.1, 0.15) is 33.4 Å². The van der Waals surface area contributed by atoms with Crippen LogP contribution < -0.4 is 5.56 Å². The molecule has 0 N–H and O–H groups in total. The molecule has 1 aromatic rings. The normalized spacial score (nSPS) is 12.3. The Balaban J connectivity index is 2.83. The van der Waals surface area contributed by atoms with E-state index in [0.717, 1.165) is 5.69 Å². The van der Waals surface area contributed by atoms with Crippen molar-refractivity contribution >= 4 is 28.9 Å². The van der Waals surface area contributed by atoms with Gasteiger partial charge in [-0.05, 0) is 63.9 Å². The van der Waals surface area contributed by atoms with Gasteiger partial charge in [-0.3, -0.25) is 4.79 Å². The number of nitrogens with zero attached hydrogens (tertiary/aromatic N) is 2. The highest BCUT2D eigenvalue weighted by Gasteiger charge is 2.24. The molecule has 0 aliphatic carbocycles. The van der Waals surface area contributed by atoms with E-state index in [-0.39, 0.29) is 17.8 Å². The molecule has 0 radical (unpaired) electrons. The third kappa shape index (κ3) is 6.06. The van der Waals surface area contributed by atoms with E-state index in [1.165, 1.54) is 22.1 Å². The predicted molar refractivity (Wildman–Crippen MR) is 87.6 cm³/mol. The van der Waals surface area contributed by atoms with Crippen LogP contribution in [0.15, 0.2) is 16.9 Å². The Kier molecular flexibility index (Phi) is 6.88. The van der Waals surface area contributed by atoms with E-state index in [9.17, 15) is 4.79 Å². The van der Waals surface area contributed by atoms with Gasteiger partial charge in [0.25, 0.3) is 5.56 Å². The van der Waals surface area contributed by atoms with Crippen LogP contribution in [-0.4, -0.2) is 22.0 Å². The van der Waals surface area contributed by atoms with Crippen LogP contribution in [0.3, 0.4) is 0 Å². The molecule has 114 valence electrons. The molecule has 0 fully saturated rings. The maximum atomic E-state index is 11.7. The number of aryl methyl sites for hydroxylation is 1. The Hall–Kier alpha value is -0.200. The van der Waals surface area contributed by atoms with Crippen LogP contribution in [0.5, 0.6) is 0 Å². The Morgan fingerprint density at radius 3 is 2.35 bits per heavy atom. The first-order valence-corrected chi connectivity index (χ1v) is 10.6. The van der Waals surface area contributed by atoms with Gasteiger partial charge in [0.05, 0.1) is 23.8 Å². The zero-order chi connectivity index (χ0) is 15.3. The molecule has 0 spiro atoms. The molecule has 0 unspecified atom stereocenters. The van der Waals surface area contributed by atoms with E-state index in [1.807, 2.05) is 34.6 Å². The fourth-order valence-electron chi connectivity index (χ4n) is 1.37. The summed E-state index contributed by atoms with van der Waals surface area (Å²) < 4.78 is 12.9. The van der Waals surface area contributed by atoms with Crippen molar-refractivity contribution in [2.24, 2.45) is 0 Å². The van der Waals surface area contributed by atoms with Crippen molar-refractivity contribution in [2.45, 2.75) is 52.7 Å². The van der Waals surface area contributed by atoms with Gasteiger partial charge in [0.2, 0.25) is 5.69 Å². The topological polar surface area (TPSA) is 53.4 Å². The van der Waals surface area contributed by atoms with Crippen LogP contribution >= 0.6 is 17.1 Å². The van der Waals surface area contributed by atoms with Crippen molar-refractivity contribution in [3.63, 3.8) is 0 Å². The van der Waals surface area contributed by atoms with Crippen LogP contribution in [0.25, 0.3) is 0 Å². The van der Waals surface area contributed by atoms with Crippen molar-refractivity contribution < 1.29 is 9.05 Å². The van der Waals surface area contributed by atoms with Crippen molar-refractivity contribution in [1.29, 1.82) is 0 Å². The minimum Gasteiger partial charge on any atom is -0.319 e. The maximum Gasteiger partial charge on any atom is 0.267 e. The molecule has 0 atom stereocenters. The summed E-state index contributed by atoms with van der Waals surface area (Å²) in [7, 11) is 0. The van der Waals surface area contributed by atoms with Gasteiger partial charge < -0.3 is 9.05 Å². The first kappa shape index (κ1) is 17.9. The van der Waals surface area contributed by atoms with Gasteiger partial charge in [0, 0.05) is 6.07 Å². The van der Waals surface area contributed by atoms with Gasteiger partial charge in [0.1, 0.15) is 0 Å². The van der Waals surface area contributed by atoms with Crippen molar-refractivity contribution in [3.8, 4) is 0 Å². The molecule has 1 aromatic heterocycles. The predicted octanol–water partition coefficient (Wildman–Crippen LogP) is 3.32. The van der Waals surface area contributed by atoms with Gasteiger partial charge >= 0.3 is 0 Å². The summed E-state index contributed by atoms with van der Waals surface area (Å²) in [5, 5.41) is 4.18. The number of rotatable bonds is 7. The third-order valence-electron chi connectivity index (χ3n) is 2.02. The molecule has 0 saturated carbocycles. The van der Waals surface area contributed by atoms with Gasteiger partial charge in [-0.15, -0.1) is 0 Å². The first-order chi connectivity index (χ1) is 9.22. The van der Waals surface area contributed by atoms with Crippen LogP contribution in [0, 0.1) is 6.92 Å². The maximum absolute atomic E-state index is 11.7. The molecule has 0 aliphatic rings. The molecule has 0 aliphatic heterocycles. The lowest BCUT2D eigenvalue weighted by Crippen LogP contribution is -2.21. The van der Waals surface area contributed by atoms with Crippen molar-refractivity contribution in [2.75, 3.05) is 0 Å². The Bertz CT molecular complexity index is 532. The highest BCUT2D eigenvalue weighted by molar-refractivity contribution is 8.67. The molecule has 1 heterocycles. The van der Waals surface area contributed by atoms with E-state index in [1.54, 1.807) is 6.07 Å². The minimum atomic E-state index is -2.48. The highest BCUT2D eigenvalue weighted by Crippen LogP contribution is 2.62. The second-order valence-corrected chi connectivity index (χ2v) is 11.0. The van der Waals surface area contributed by atoms with Crippen LogP contribution in [0.2, 0.25) is 0 Å². The first-order valence-electron chi connectivity index (χ1n) is 6.38. The molecule has 5 nitrogen and oxygen atoms in total. The molecule has 8 heteroatoms. The summed E-state index contributed by atoms with van der Waals surface area (Å²) in [4.78, 5) is 11.7. The molecule has 1 rings (SSSR count). The molecular formula is C12H21N2O3PS2. The van der Waals surface area contributed by atoms with Crippen molar-refractivity contribution in [1.82, 2.24) is 9.78 Å². The molecular weight excluding hydrogens is 315 g/mol. The monoisotopic (exact) mass is 336 g/mol. The summed E-state index contributed by atoms with van der Waals surface area (Å²) in [5.74, 6) is 0.331. The molecule has 0 aromatic carbocycles. The zero-order valence-electron chi connectivity index (χ0n) is 12.4. The summed E-state index contributed by atoms with van der Waals surface area (Å²) in [6.45, 7) is 9.52. The van der Waals surface area contributed by atoms with E-state index in [4.69, 9.17) is 20.9 Å². The SMILES string of the molecule is Cc1ccc(=O)n(CSP(=S)(OC(C)C)OC(C)C)n1. The number of hydrogen-bond donors (Lipinski definition) is 0. The van der Waals surface area contributed by atoms with Crippen molar-refractivity contribution in [3.05, 3.63) is 28.2 Å². The Labute approximate surface area is 129 Å². The van der Waals surface area contributed by atoms with E-state index in [2.05, 4.69) is 5.10 Å². The van der Waals surface area contributed by atoms with E-state index >= 15 is 0 Å². The summed E-state index contributed by atoms with van der Waals surface area (Å²) in [6.07, 6.45) is -0.0384. The number of hydrogen-bond acceptors (Lipinski definition) is 6. The third-order valence-corrected chi connectivity index (χ3v) is 7.33. The van der Waals surface area contributed by atoms with Gasteiger partial charge in [-0.2, -0.15) is 5.10 Å². The number of aromatic nitrogens is 2. The van der Waals surface area contributed by atoms with Gasteiger partial charge in [-0.25, -0.2) is 4.68 Å². The van der Waals surface area contributed by atoms with Gasteiger partial charge in [-0.1, -0.05) is 0 Å². The molecule has 20 heavy (non-hydrogen) atoms. The second-order valence-electron chi connectivity index (χ2n) is 4.83. The van der Waals surface area contributed by atoms with Gasteiger partial charge in [0.15, 0.2) is 0 Å². The minimum absolute atomic E-state index is 0.0192. The lowest BCUT2D eigenvalue weighted by molar-refractivity contribution is 0.186. The van der Waals surface area contributed by atoms with Crippen LogP contribution in [-0.2, 0) is 26.7 Å². The standard InChI is InChI=1S/C12H21N2O3PS2/c1-9(2)16-18(19,17-10(3)4)20-8-14-12(15)7-6-11(5)13-14/h6-7,9-10H,8H2,1-5H3. The summed E-state index contributed by atoms with van der Waals surface area (Å²) in [6, 6.07) is 3.19.